The summed E-state index contributed by atoms with van der Waals surface area (Å²) in [5, 5.41) is 6.79. The van der Waals surface area contributed by atoms with Gasteiger partial charge in [0.15, 0.2) is 5.65 Å². The van der Waals surface area contributed by atoms with Crippen LogP contribution in [0, 0.1) is 0 Å². The van der Waals surface area contributed by atoms with Crippen molar-refractivity contribution in [3.05, 3.63) is 52.9 Å². The van der Waals surface area contributed by atoms with Gasteiger partial charge in [-0.3, -0.25) is 15.1 Å². The number of nitrogens with one attached hydrogen (secondary N) is 1. The lowest BCUT2D eigenvalue weighted by molar-refractivity contribution is 0.102. The van der Waals surface area contributed by atoms with Crippen molar-refractivity contribution in [1.29, 1.82) is 0 Å². The van der Waals surface area contributed by atoms with E-state index < -0.39 is 0 Å². The Morgan fingerprint density at radius 2 is 2.21 bits per heavy atom. The van der Waals surface area contributed by atoms with Crippen LogP contribution in [0.25, 0.3) is 5.65 Å². The Balaban J connectivity index is 1.87. The molecule has 0 unspecified atom stereocenters. The largest absolute Gasteiger partial charge is 0.289 e. The highest BCUT2D eigenvalue weighted by Gasteiger charge is 2.09. The van der Waals surface area contributed by atoms with Gasteiger partial charge >= 0.3 is 0 Å². The van der Waals surface area contributed by atoms with E-state index in [9.17, 15) is 4.79 Å². The van der Waals surface area contributed by atoms with Crippen LogP contribution >= 0.6 is 15.9 Å². The third-order valence-corrected chi connectivity index (χ3v) is 2.91. The van der Waals surface area contributed by atoms with E-state index in [1.807, 2.05) is 6.07 Å². The van der Waals surface area contributed by atoms with Gasteiger partial charge in [0.05, 0.1) is 5.56 Å². The van der Waals surface area contributed by atoms with E-state index in [1.165, 1.54) is 6.20 Å². The number of hydrogen-bond acceptors (Lipinski definition) is 4. The SMILES string of the molecule is O=C(Nc1nc2ccc(Br)cn2n1)c1cccnc1. The number of carbonyl (C=O) groups is 1. The molecular weight excluding hydrogens is 310 g/mol. The number of fused-ring (bicyclic) bond motifs is 1. The number of carbonyl (C=O) groups excluding carboxylic acids is 1. The van der Waals surface area contributed by atoms with Gasteiger partial charge in [0.25, 0.3) is 5.91 Å². The molecule has 3 heterocycles. The summed E-state index contributed by atoms with van der Waals surface area (Å²) >= 11 is 3.35. The van der Waals surface area contributed by atoms with E-state index in [2.05, 4.69) is 36.3 Å². The number of aromatic nitrogens is 4. The van der Waals surface area contributed by atoms with Crippen LogP contribution in [0.2, 0.25) is 0 Å². The van der Waals surface area contributed by atoms with E-state index in [0.29, 0.717) is 11.2 Å². The predicted octanol–water partition coefficient (Wildman–Crippen LogP) is 2.14. The molecule has 0 aliphatic heterocycles. The van der Waals surface area contributed by atoms with Crippen LogP contribution < -0.4 is 5.32 Å². The first kappa shape index (κ1) is 11.8. The minimum absolute atomic E-state index is 0.256. The third-order valence-electron chi connectivity index (χ3n) is 2.44. The lowest BCUT2D eigenvalue weighted by Gasteiger charge is -1.98. The van der Waals surface area contributed by atoms with Gasteiger partial charge in [0.1, 0.15) is 0 Å². The van der Waals surface area contributed by atoms with Crippen molar-refractivity contribution in [1.82, 2.24) is 19.6 Å². The van der Waals surface area contributed by atoms with Gasteiger partial charge in [-0.05, 0) is 40.2 Å². The first-order chi connectivity index (χ1) is 9.22. The monoisotopic (exact) mass is 317 g/mol. The average molecular weight is 318 g/mol. The Labute approximate surface area is 116 Å². The molecule has 0 aliphatic rings. The van der Waals surface area contributed by atoms with Crippen LogP contribution in [-0.4, -0.2) is 25.5 Å². The standard InChI is InChI=1S/C12H8BrN5O/c13-9-3-4-10-15-12(17-18(10)7-9)16-11(19)8-2-1-5-14-6-8/h1-7H,(H,16,17,19). The van der Waals surface area contributed by atoms with Gasteiger partial charge in [-0.25, -0.2) is 4.52 Å². The maximum Gasteiger partial charge on any atom is 0.259 e. The van der Waals surface area contributed by atoms with E-state index >= 15 is 0 Å². The second-order valence-electron chi connectivity index (χ2n) is 3.78. The van der Waals surface area contributed by atoms with Crippen molar-refractivity contribution in [3.8, 4) is 0 Å². The van der Waals surface area contributed by atoms with Crippen LogP contribution in [0.3, 0.4) is 0 Å². The molecule has 19 heavy (non-hydrogen) atoms. The molecule has 1 amide bonds. The Morgan fingerprint density at radius 3 is 3.00 bits per heavy atom. The number of nitrogens with zero attached hydrogens (tertiary/aromatic N) is 4. The van der Waals surface area contributed by atoms with Gasteiger partial charge in [-0.1, -0.05) is 0 Å². The van der Waals surface area contributed by atoms with E-state index in [4.69, 9.17) is 0 Å². The first-order valence-corrected chi connectivity index (χ1v) is 6.25. The molecule has 0 saturated carbocycles. The molecule has 0 fully saturated rings. The van der Waals surface area contributed by atoms with Gasteiger partial charge in [0.2, 0.25) is 5.95 Å². The van der Waals surface area contributed by atoms with Gasteiger partial charge in [0, 0.05) is 23.1 Å². The van der Waals surface area contributed by atoms with Crippen molar-refractivity contribution in [2.24, 2.45) is 0 Å². The zero-order valence-corrected chi connectivity index (χ0v) is 11.2. The number of hydrogen-bond donors (Lipinski definition) is 1. The van der Waals surface area contributed by atoms with Crippen LogP contribution in [0.1, 0.15) is 10.4 Å². The smallest absolute Gasteiger partial charge is 0.259 e. The molecule has 0 saturated heterocycles. The van der Waals surface area contributed by atoms with E-state index in [-0.39, 0.29) is 11.9 Å². The normalized spacial score (nSPS) is 10.6. The highest BCUT2D eigenvalue weighted by atomic mass is 79.9. The second kappa shape index (κ2) is 4.77. The maximum atomic E-state index is 11.9. The summed E-state index contributed by atoms with van der Waals surface area (Å²) in [6.07, 6.45) is 4.86. The Morgan fingerprint density at radius 1 is 1.32 bits per heavy atom. The number of anilines is 1. The number of rotatable bonds is 2. The molecule has 3 rings (SSSR count). The second-order valence-corrected chi connectivity index (χ2v) is 4.70. The highest BCUT2D eigenvalue weighted by Crippen LogP contribution is 2.12. The maximum absolute atomic E-state index is 11.9. The van der Waals surface area contributed by atoms with Gasteiger partial charge in [-0.15, -0.1) is 5.10 Å². The summed E-state index contributed by atoms with van der Waals surface area (Å²) in [7, 11) is 0. The molecule has 3 aromatic rings. The Hall–Kier alpha value is -2.28. The molecule has 6 nitrogen and oxygen atoms in total. The fourth-order valence-electron chi connectivity index (χ4n) is 1.58. The van der Waals surface area contributed by atoms with Crippen molar-refractivity contribution in [3.63, 3.8) is 0 Å². The molecule has 0 aromatic carbocycles. The highest BCUT2D eigenvalue weighted by molar-refractivity contribution is 9.10. The first-order valence-electron chi connectivity index (χ1n) is 5.46. The quantitative estimate of drug-likeness (QED) is 0.786. The Kier molecular flexibility index (Phi) is 2.96. The van der Waals surface area contributed by atoms with Crippen molar-refractivity contribution < 1.29 is 4.79 Å². The lowest BCUT2D eigenvalue weighted by Crippen LogP contribution is -2.13. The van der Waals surface area contributed by atoms with E-state index in [0.717, 1.165) is 4.47 Å². The van der Waals surface area contributed by atoms with Crippen LogP contribution in [-0.2, 0) is 0 Å². The van der Waals surface area contributed by atoms with Gasteiger partial charge in [-0.2, -0.15) is 4.98 Å². The minimum atomic E-state index is -0.289. The van der Waals surface area contributed by atoms with Crippen LogP contribution in [0.4, 0.5) is 5.95 Å². The van der Waals surface area contributed by atoms with Crippen molar-refractivity contribution in [2.75, 3.05) is 5.32 Å². The van der Waals surface area contributed by atoms with Crippen molar-refractivity contribution >= 4 is 33.4 Å². The number of halogens is 1. The molecule has 0 aliphatic carbocycles. The van der Waals surface area contributed by atoms with Crippen LogP contribution in [0.5, 0.6) is 0 Å². The minimum Gasteiger partial charge on any atom is -0.289 e. The Bertz CT molecular complexity index is 740. The average Bonchev–Trinajstić information content (AvgIpc) is 2.81. The fourth-order valence-corrected chi connectivity index (χ4v) is 1.91. The predicted molar refractivity (Wildman–Crippen MR) is 72.9 cm³/mol. The topological polar surface area (TPSA) is 72.2 Å². The summed E-state index contributed by atoms with van der Waals surface area (Å²) in [5.74, 6) is -0.0324. The zero-order chi connectivity index (χ0) is 13.2. The number of amides is 1. The summed E-state index contributed by atoms with van der Waals surface area (Å²) in [6.45, 7) is 0. The van der Waals surface area contributed by atoms with Gasteiger partial charge < -0.3 is 0 Å². The zero-order valence-electron chi connectivity index (χ0n) is 9.62. The summed E-state index contributed by atoms with van der Waals surface area (Å²) in [6, 6.07) is 7.03. The molecule has 0 spiro atoms. The molecule has 1 N–H and O–H groups in total. The molecule has 0 radical (unpaired) electrons. The molecule has 3 aromatic heterocycles. The van der Waals surface area contributed by atoms with Crippen molar-refractivity contribution in [2.45, 2.75) is 0 Å². The fraction of sp³-hybridized carbons (Fsp3) is 0. The number of pyridine rings is 2. The van der Waals surface area contributed by atoms with Crippen LogP contribution in [0.15, 0.2) is 47.3 Å². The summed E-state index contributed by atoms with van der Waals surface area (Å²) < 4.78 is 2.47. The molecular formula is C12H8BrN5O. The third kappa shape index (κ3) is 2.45. The molecule has 94 valence electrons. The molecule has 0 bridgehead atoms. The molecule has 0 atom stereocenters. The summed E-state index contributed by atoms with van der Waals surface area (Å²) in [5.41, 5.74) is 1.12. The summed E-state index contributed by atoms with van der Waals surface area (Å²) in [4.78, 5) is 20.0. The van der Waals surface area contributed by atoms with E-state index in [1.54, 1.807) is 35.1 Å². The molecule has 7 heteroatoms. The lowest BCUT2D eigenvalue weighted by atomic mass is 10.3.